The first-order chi connectivity index (χ1) is 14.0. The number of hydrogen-bond acceptors (Lipinski definition) is 4. The molecular formula is C23H25N3O2S. The van der Waals surface area contributed by atoms with E-state index in [9.17, 15) is 9.59 Å². The molecule has 0 fully saturated rings. The highest BCUT2D eigenvalue weighted by molar-refractivity contribution is 7.13. The zero-order chi connectivity index (χ0) is 20.8. The number of benzene rings is 2. The van der Waals surface area contributed by atoms with Crippen molar-refractivity contribution in [3.63, 3.8) is 0 Å². The summed E-state index contributed by atoms with van der Waals surface area (Å²) in [6.07, 6.45) is 0.211. The van der Waals surface area contributed by atoms with Gasteiger partial charge in [-0.25, -0.2) is 4.98 Å². The van der Waals surface area contributed by atoms with Gasteiger partial charge in [-0.05, 0) is 51.1 Å². The van der Waals surface area contributed by atoms with Gasteiger partial charge in [0.1, 0.15) is 5.01 Å². The Morgan fingerprint density at radius 1 is 1.07 bits per heavy atom. The molecule has 3 rings (SSSR count). The molecule has 0 bridgehead atoms. The number of aryl methyl sites for hydroxylation is 1. The van der Waals surface area contributed by atoms with Crippen molar-refractivity contribution in [2.45, 2.75) is 27.2 Å². The van der Waals surface area contributed by atoms with E-state index in [0.29, 0.717) is 24.3 Å². The van der Waals surface area contributed by atoms with Crippen LogP contribution in [0.3, 0.4) is 0 Å². The summed E-state index contributed by atoms with van der Waals surface area (Å²) in [5.41, 5.74) is 4.28. The maximum atomic E-state index is 12.4. The van der Waals surface area contributed by atoms with Crippen LogP contribution >= 0.6 is 11.3 Å². The first kappa shape index (κ1) is 20.7. The van der Waals surface area contributed by atoms with Crippen LogP contribution in [0.25, 0.3) is 10.6 Å². The molecule has 2 amide bonds. The van der Waals surface area contributed by atoms with Crippen molar-refractivity contribution in [1.29, 1.82) is 0 Å². The average molecular weight is 408 g/mol. The number of carbonyl (C=O) groups is 2. The summed E-state index contributed by atoms with van der Waals surface area (Å²) in [7, 11) is 0. The lowest BCUT2D eigenvalue weighted by atomic mass is 10.1. The van der Waals surface area contributed by atoms with Crippen LogP contribution in [0.4, 0.5) is 5.69 Å². The third-order valence-electron chi connectivity index (χ3n) is 4.62. The lowest BCUT2D eigenvalue weighted by Gasteiger charge is -2.18. The topological polar surface area (TPSA) is 62.3 Å². The van der Waals surface area contributed by atoms with Crippen LogP contribution in [0, 0.1) is 6.92 Å². The largest absolute Gasteiger partial charge is 0.339 e. The molecule has 6 heteroatoms. The number of anilines is 1. The molecule has 0 saturated carbocycles. The van der Waals surface area contributed by atoms with Crippen LogP contribution in [0.1, 0.15) is 35.5 Å². The van der Waals surface area contributed by atoms with E-state index in [1.807, 2.05) is 44.4 Å². The average Bonchev–Trinajstić information content (AvgIpc) is 3.17. The molecule has 1 heterocycles. The molecule has 3 aromatic rings. The Hall–Kier alpha value is -2.99. The molecule has 29 heavy (non-hydrogen) atoms. The predicted octanol–water partition coefficient (Wildman–Crippen LogP) is 4.78. The Morgan fingerprint density at radius 3 is 2.45 bits per heavy atom. The fraction of sp³-hybridized carbons (Fsp3) is 0.261. The third-order valence-corrected chi connectivity index (χ3v) is 5.56. The summed E-state index contributed by atoms with van der Waals surface area (Å²) in [5.74, 6) is -0.132. The number of amides is 2. The van der Waals surface area contributed by atoms with Gasteiger partial charge in [-0.2, -0.15) is 0 Å². The fourth-order valence-corrected chi connectivity index (χ4v) is 3.87. The Kier molecular flexibility index (Phi) is 6.77. The number of thiazole rings is 1. The molecule has 1 N–H and O–H groups in total. The fourth-order valence-electron chi connectivity index (χ4n) is 3.06. The Balaban J connectivity index is 1.60. The Bertz CT molecular complexity index is 991. The van der Waals surface area contributed by atoms with Crippen LogP contribution in [-0.4, -0.2) is 34.8 Å². The van der Waals surface area contributed by atoms with Crippen LogP contribution in [0.5, 0.6) is 0 Å². The molecule has 2 aromatic carbocycles. The van der Waals surface area contributed by atoms with Crippen LogP contribution < -0.4 is 5.32 Å². The third kappa shape index (κ3) is 5.29. The highest BCUT2D eigenvalue weighted by Gasteiger charge is 2.13. The maximum absolute atomic E-state index is 12.4. The van der Waals surface area contributed by atoms with Gasteiger partial charge in [0.25, 0.3) is 5.91 Å². The second-order valence-corrected chi connectivity index (χ2v) is 7.65. The van der Waals surface area contributed by atoms with Crippen molar-refractivity contribution < 1.29 is 9.59 Å². The minimum Gasteiger partial charge on any atom is -0.339 e. The molecule has 0 saturated heterocycles. The molecule has 0 atom stereocenters. The quantitative estimate of drug-likeness (QED) is 0.613. The van der Waals surface area contributed by atoms with E-state index in [-0.39, 0.29) is 18.2 Å². The van der Waals surface area contributed by atoms with Gasteiger partial charge in [0, 0.05) is 35.3 Å². The predicted molar refractivity (Wildman–Crippen MR) is 118 cm³/mol. The molecule has 0 aliphatic carbocycles. The molecule has 150 valence electrons. The normalized spacial score (nSPS) is 10.6. The SMILES string of the molecule is CCN(CC)C(=O)c1ccc(NC(=O)Cc2csc(-c3cccc(C)c3)n2)cc1. The highest BCUT2D eigenvalue weighted by Crippen LogP contribution is 2.24. The van der Waals surface area contributed by atoms with Gasteiger partial charge in [0.05, 0.1) is 12.1 Å². The van der Waals surface area contributed by atoms with Crippen LogP contribution in [0.15, 0.2) is 53.9 Å². The molecule has 0 unspecified atom stereocenters. The molecule has 0 radical (unpaired) electrons. The number of nitrogens with zero attached hydrogens (tertiary/aromatic N) is 2. The monoisotopic (exact) mass is 407 g/mol. The van der Waals surface area contributed by atoms with Crippen molar-refractivity contribution in [2.24, 2.45) is 0 Å². The minimum atomic E-state index is -0.131. The van der Waals surface area contributed by atoms with E-state index in [2.05, 4.69) is 16.4 Å². The smallest absolute Gasteiger partial charge is 0.253 e. The van der Waals surface area contributed by atoms with Gasteiger partial charge < -0.3 is 10.2 Å². The van der Waals surface area contributed by atoms with Crippen molar-refractivity contribution in [3.8, 4) is 10.6 Å². The number of nitrogens with one attached hydrogen (secondary N) is 1. The minimum absolute atomic E-state index is 0.000900. The van der Waals surface area contributed by atoms with Crippen LogP contribution in [-0.2, 0) is 11.2 Å². The molecule has 0 spiro atoms. The van der Waals surface area contributed by atoms with E-state index in [1.54, 1.807) is 29.2 Å². The number of aromatic nitrogens is 1. The van der Waals surface area contributed by atoms with E-state index in [0.717, 1.165) is 16.3 Å². The molecule has 0 aliphatic rings. The van der Waals surface area contributed by atoms with Gasteiger partial charge in [-0.1, -0.05) is 23.8 Å². The Morgan fingerprint density at radius 2 is 1.79 bits per heavy atom. The number of hydrogen-bond donors (Lipinski definition) is 1. The van der Waals surface area contributed by atoms with Crippen molar-refractivity contribution >= 4 is 28.8 Å². The van der Waals surface area contributed by atoms with Gasteiger partial charge in [-0.15, -0.1) is 11.3 Å². The van der Waals surface area contributed by atoms with E-state index >= 15 is 0 Å². The molecule has 5 nitrogen and oxygen atoms in total. The van der Waals surface area contributed by atoms with Gasteiger partial charge in [0.2, 0.25) is 5.91 Å². The standard InChI is InChI=1S/C23H25N3O2S/c1-4-26(5-2)23(28)17-9-11-19(12-10-17)24-21(27)14-20-15-29-22(25-20)18-8-6-7-16(3)13-18/h6-13,15H,4-5,14H2,1-3H3,(H,24,27). The summed E-state index contributed by atoms with van der Waals surface area (Å²) in [5, 5.41) is 5.71. The van der Waals surface area contributed by atoms with Gasteiger partial charge >= 0.3 is 0 Å². The Labute approximate surface area is 175 Å². The van der Waals surface area contributed by atoms with E-state index in [1.165, 1.54) is 16.9 Å². The van der Waals surface area contributed by atoms with Gasteiger partial charge in [0.15, 0.2) is 0 Å². The summed E-state index contributed by atoms with van der Waals surface area (Å²) in [6.45, 7) is 7.31. The molecule has 0 aliphatic heterocycles. The second kappa shape index (κ2) is 9.47. The lowest BCUT2D eigenvalue weighted by molar-refractivity contribution is -0.115. The first-order valence-electron chi connectivity index (χ1n) is 9.70. The molecule has 1 aromatic heterocycles. The zero-order valence-corrected chi connectivity index (χ0v) is 17.8. The molecular weight excluding hydrogens is 382 g/mol. The summed E-state index contributed by atoms with van der Waals surface area (Å²) < 4.78 is 0. The summed E-state index contributed by atoms with van der Waals surface area (Å²) in [6, 6.07) is 15.2. The second-order valence-electron chi connectivity index (χ2n) is 6.79. The van der Waals surface area contributed by atoms with Crippen molar-refractivity contribution in [2.75, 3.05) is 18.4 Å². The van der Waals surface area contributed by atoms with Crippen LogP contribution in [0.2, 0.25) is 0 Å². The summed E-state index contributed by atoms with van der Waals surface area (Å²) in [4.78, 5) is 31.1. The summed E-state index contributed by atoms with van der Waals surface area (Å²) >= 11 is 1.54. The number of rotatable bonds is 7. The van der Waals surface area contributed by atoms with Gasteiger partial charge in [-0.3, -0.25) is 9.59 Å². The number of carbonyl (C=O) groups excluding carboxylic acids is 2. The van der Waals surface area contributed by atoms with Crippen molar-refractivity contribution in [3.05, 3.63) is 70.7 Å². The van der Waals surface area contributed by atoms with Crippen molar-refractivity contribution in [1.82, 2.24) is 9.88 Å². The highest BCUT2D eigenvalue weighted by atomic mass is 32.1. The zero-order valence-electron chi connectivity index (χ0n) is 16.9. The van der Waals surface area contributed by atoms with E-state index in [4.69, 9.17) is 0 Å². The maximum Gasteiger partial charge on any atom is 0.253 e. The first-order valence-corrected chi connectivity index (χ1v) is 10.6. The lowest BCUT2D eigenvalue weighted by Crippen LogP contribution is -2.30. The van der Waals surface area contributed by atoms with E-state index < -0.39 is 0 Å².